The summed E-state index contributed by atoms with van der Waals surface area (Å²) in [5.41, 5.74) is 2.97. The smallest absolute Gasteiger partial charge is 0.119 e. The largest absolute Gasteiger partial charge is 0.494 e. The molecule has 0 aliphatic rings. The Morgan fingerprint density at radius 3 is 2.36 bits per heavy atom. The van der Waals surface area contributed by atoms with Crippen molar-refractivity contribution in [3.05, 3.63) is 65.7 Å². The molecule has 2 aromatic rings. The average molecular weight is 340 g/mol. The molecule has 0 atom stereocenters. The lowest BCUT2D eigenvalue weighted by atomic mass is 10.0. The van der Waals surface area contributed by atoms with E-state index in [-0.39, 0.29) is 0 Å². The van der Waals surface area contributed by atoms with Gasteiger partial charge in [0.25, 0.3) is 0 Å². The predicted molar refractivity (Wildman–Crippen MR) is 103 cm³/mol. The minimum atomic E-state index is 0.704. The Bertz CT molecular complexity index is 637. The van der Waals surface area contributed by atoms with E-state index in [0.29, 0.717) is 6.61 Å². The van der Waals surface area contributed by atoms with Gasteiger partial charge < -0.3 is 14.8 Å². The van der Waals surface area contributed by atoms with Crippen LogP contribution in [0.4, 0.5) is 0 Å². The lowest BCUT2D eigenvalue weighted by Gasteiger charge is -2.11. The van der Waals surface area contributed by atoms with Gasteiger partial charge in [-0.2, -0.15) is 0 Å². The van der Waals surface area contributed by atoms with E-state index in [2.05, 4.69) is 36.3 Å². The highest BCUT2D eigenvalue weighted by Crippen LogP contribution is 2.16. The molecule has 1 N–H and O–H groups in total. The van der Waals surface area contributed by atoms with Gasteiger partial charge in [0.2, 0.25) is 0 Å². The molecule has 0 unspecified atom stereocenters. The molecule has 0 heterocycles. The van der Waals surface area contributed by atoms with Crippen molar-refractivity contribution in [1.29, 1.82) is 0 Å². The fourth-order valence-electron chi connectivity index (χ4n) is 2.67. The maximum atomic E-state index is 9.32. The lowest BCUT2D eigenvalue weighted by Crippen LogP contribution is -2.15. The molecular weight excluding hydrogens is 312 g/mol. The Labute approximate surface area is 150 Å². The van der Waals surface area contributed by atoms with Crippen LogP contribution in [0.2, 0.25) is 0 Å². The summed E-state index contributed by atoms with van der Waals surface area (Å²) < 4.78 is 5.73. The third kappa shape index (κ3) is 6.98. The SMILES string of the molecule is CN(C)CCCOc1ccc(C(CCCc2ccccc2)=NO)cc1. The maximum Gasteiger partial charge on any atom is 0.119 e. The Balaban J connectivity index is 1.80. The van der Waals surface area contributed by atoms with Crippen molar-refractivity contribution in [2.24, 2.45) is 5.16 Å². The fourth-order valence-corrected chi connectivity index (χ4v) is 2.67. The summed E-state index contributed by atoms with van der Waals surface area (Å²) in [6, 6.07) is 18.2. The van der Waals surface area contributed by atoms with Gasteiger partial charge in [-0.15, -0.1) is 0 Å². The minimum Gasteiger partial charge on any atom is -0.494 e. The van der Waals surface area contributed by atoms with Gasteiger partial charge in [0.15, 0.2) is 0 Å². The minimum absolute atomic E-state index is 0.704. The van der Waals surface area contributed by atoms with Crippen LogP contribution in [-0.2, 0) is 6.42 Å². The van der Waals surface area contributed by atoms with Crippen LogP contribution in [-0.4, -0.2) is 43.1 Å². The van der Waals surface area contributed by atoms with Gasteiger partial charge in [-0.25, -0.2) is 0 Å². The quantitative estimate of drug-likeness (QED) is 0.305. The normalized spacial score (nSPS) is 11.7. The van der Waals surface area contributed by atoms with Crippen molar-refractivity contribution in [2.75, 3.05) is 27.2 Å². The van der Waals surface area contributed by atoms with Gasteiger partial charge in [-0.1, -0.05) is 35.5 Å². The summed E-state index contributed by atoms with van der Waals surface area (Å²) in [6.07, 6.45) is 3.67. The number of oxime groups is 1. The van der Waals surface area contributed by atoms with Crippen molar-refractivity contribution in [2.45, 2.75) is 25.7 Å². The molecule has 0 amide bonds. The highest BCUT2D eigenvalue weighted by atomic mass is 16.5. The molecule has 0 saturated heterocycles. The molecule has 0 aliphatic carbocycles. The molecule has 0 spiro atoms. The van der Waals surface area contributed by atoms with E-state index in [4.69, 9.17) is 4.74 Å². The summed E-state index contributed by atoms with van der Waals surface area (Å²) >= 11 is 0. The number of nitrogens with zero attached hydrogens (tertiary/aromatic N) is 2. The molecule has 0 radical (unpaired) electrons. The van der Waals surface area contributed by atoms with Crippen LogP contribution in [0, 0.1) is 0 Å². The molecule has 2 aromatic carbocycles. The molecule has 0 bridgehead atoms. The van der Waals surface area contributed by atoms with E-state index in [1.165, 1.54) is 5.56 Å². The summed E-state index contributed by atoms with van der Waals surface area (Å²) in [5, 5.41) is 12.8. The van der Waals surface area contributed by atoms with Crippen LogP contribution in [0.1, 0.15) is 30.4 Å². The van der Waals surface area contributed by atoms with Crippen molar-refractivity contribution in [3.63, 3.8) is 0 Å². The molecule has 4 heteroatoms. The molecule has 0 saturated carbocycles. The first-order chi connectivity index (χ1) is 12.2. The standard InChI is InChI=1S/C21H28N2O2/c1-23(2)16-7-17-25-20-14-12-19(13-15-20)21(22-24)11-6-10-18-8-4-3-5-9-18/h3-5,8-9,12-15,24H,6-7,10-11,16-17H2,1-2H3. The van der Waals surface area contributed by atoms with Crippen LogP contribution >= 0.6 is 0 Å². The van der Waals surface area contributed by atoms with E-state index < -0.39 is 0 Å². The van der Waals surface area contributed by atoms with Crippen LogP contribution in [0.3, 0.4) is 0 Å². The van der Waals surface area contributed by atoms with E-state index in [1.807, 2.05) is 42.5 Å². The number of hydrogen-bond acceptors (Lipinski definition) is 4. The Morgan fingerprint density at radius 1 is 1.00 bits per heavy atom. The number of aryl methyl sites for hydroxylation is 1. The van der Waals surface area contributed by atoms with Gasteiger partial charge in [0.05, 0.1) is 12.3 Å². The molecule has 0 aromatic heterocycles. The number of ether oxygens (including phenoxy) is 1. The average Bonchev–Trinajstić information content (AvgIpc) is 2.64. The highest BCUT2D eigenvalue weighted by Gasteiger charge is 2.05. The van der Waals surface area contributed by atoms with Gasteiger partial charge in [0, 0.05) is 6.54 Å². The van der Waals surface area contributed by atoms with Crippen LogP contribution in [0.5, 0.6) is 5.75 Å². The third-order valence-corrected chi connectivity index (χ3v) is 4.05. The third-order valence-electron chi connectivity index (χ3n) is 4.05. The second kappa shape index (κ2) is 10.5. The Hall–Kier alpha value is -2.33. The second-order valence-electron chi connectivity index (χ2n) is 6.42. The Kier molecular flexibility index (Phi) is 7.99. The molecule has 25 heavy (non-hydrogen) atoms. The summed E-state index contributed by atoms with van der Waals surface area (Å²) in [5.74, 6) is 0.851. The molecule has 134 valence electrons. The summed E-state index contributed by atoms with van der Waals surface area (Å²) in [6.45, 7) is 1.72. The van der Waals surface area contributed by atoms with Crippen molar-refractivity contribution < 1.29 is 9.94 Å². The summed E-state index contributed by atoms with van der Waals surface area (Å²) in [4.78, 5) is 2.14. The lowest BCUT2D eigenvalue weighted by molar-refractivity contribution is 0.281. The summed E-state index contributed by atoms with van der Waals surface area (Å²) in [7, 11) is 4.12. The van der Waals surface area contributed by atoms with Gasteiger partial charge in [-0.05, 0) is 75.2 Å². The topological polar surface area (TPSA) is 45.1 Å². The predicted octanol–water partition coefficient (Wildman–Crippen LogP) is 4.22. The zero-order valence-electron chi connectivity index (χ0n) is 15.2. The van der Waals surface area contributed by atoms with E-state index in [1.54, 1.807) is 0 Å². The van der Waals surface area contributed by atoms with Crippen molar-refractivity contribution in [3.8, 4) is 5.75 Å². The van der Waals surface area contributed by atoms with Crippen molar-refractivity contribution in [1.82, 2.24) is 4.90 Å². The number of hydrogen-bond donors (Lipinski definition) is 1. The van der Waals surface area contributed by atoms with E-state index in [0.717, 1.165) is 49.3 Å². The van der Waals surface area contributed by atoms with Gasteiger partial charge in [-0.3, -0.25) is 0 Å². The number of benzene rings is 2. The second-order valence-corrected chi connectivity index (χ2v) is 6.42. The Morgan fingerprint density at radius 2 is 1.72 bits per heavy atom. The maximum absolute atomic E-state index is 9.32. The zero-order chi connectivity index (χ0) is 17.9. The van der Waals surface area contributed by atoms with E-state index in [9.17, 15) is 5.21 Å². The van der Waals surface area contributed by atoms with Gasteiger partial charge in [0.1, 0.15) is 5.75 Å². The molecule has 0 fully saturated rings. The molecule has 4 nitrogen and oxygen atoms in total. The first-order valence-corrected chi connectivity index (χ1v) is 8.82. The van der Waals surface area contributed by atoms with Gasteiger partial charge >= 0.3 is 0 Å². The van der Waals surface area contributed by atoms with Crippen LogP contribution in [0.15, 0.2) is 59.8 Å². The van der Waals surface area contributed by atoms with Crippen molar-refractivity contribution >= 4 is 5.71 Å². The molecule has 0 aliphatic heterocycles. The number of rotatable bonds is 10. The van der Waals surface area contributed by atoms with Crippen LogP contribution < -0.4 is 4.74 Å². The molecule has 2 rings (SSSR count). The monoisotopic (exact) mass is 340 g/mol. The van der Waals surface area contributed by atoms with Crippen LogP contribution in [0.25, 0.3) is 0 Å². The molecular formula is C21H28N2O2. The highest BCUT2D eigenvalue weighted by molar-refractivity contribution is 6.00. The van der Waals surface area contributed by atoms with E-state index >= 15 is 0 Å². The first-order valence-electron chi connectivity index (χ1n) is 8.82. The fraction of sp³-hybridized carbons (Fsp3) is 0.381. The zero-order valence-corrected chi connectivity index (χ0v) is 15.2. The first kappa shape index (κ1) is 19.0.